The Morgan fingerprint density at radius 3 is 3.00 bits per heavy atom. The summed E-state index contributed by atoms with van der Waals surface area (Å²) in [5.74, 6) is -1.01. The van der Waals surface area contributed by atoms with E-state index in [0.29, 0.717) is 11.2 Å². The van der Waals surface area contributed by atoms with E-state index in [1.165, 1.54) is 6.07 Å². The molecule has 6 heteroatoms. The van der Waals surface area contributed by atoms with Crippen molar-refractivity contribution in [3.8, 4) is 0 Å². The lowest BCUT2D eigenvalue weighted by Crippen LogP contribution is -1.95. The molecular weight excluding hydrogens is 148 g/mol. The van der Waals surface area contributed by atoms with Gasteiger partial charge in [0.25, 0.3) is 0 Å². The van der Waals surface area contributed by atoms with E-state index in [2.05, 4.69) is 20.4 Å². The van der Waals surface area contributed by atoms with Gasteiger partial charge in [-0.1, -0.05) is 0 Å². The van der Waals surface area contributed by atoms with E-state index in [-0.39, 0.29) is 5.69 Å². The molecule has 0 atom stereocenters. The van der Waals surface area contributed by atoms with Crippen LogP contribution in [0.3, 0.4) is 0 Å². The highest BCUT2D eigenvalue weighted by atomic mass is 16.4. The van der Waals surface area contributed by atoms with Gasteiger partial charge in [0.1, 0.15) is 11.2 Å². The van der Waals surface area contributed by atoms with Crippen molar-refractivity contribution in [1.82, 2.24) is 20.4 Å². The summed E-state index contributed by atoms with van der Waals surface area (Å²) < 4.78 is 0. The maximum Gasteiger partial charge on any atom is 0.352 e. The quantitative estimate of drug-likeness (QED) is 0.535. The Hall–Kier alpha value is -1.85. The van der Waals surface area contributed by atoms with Gasteiger partial charge in [-0.3, -0.25) is 0 Å². The molecule has 3 N–H and O–H groups in total. The first-order valence-corrected chi connectivity index (χ1v) is 2.90. The molecule has 2 heterocycles. The smallest absolute Gasteiger partial charge is 0.352 e. The molecule has 0 aromatic carbocycles. The van der Waals surface area contributed by atoms with E-state index < -0.39 is 5.97 Å². The maximum atomic E-state index is 10.4. The Morgan fingerprint density at radius 1 is 1.55 bits per heavy atom. The number of carboxylic acid groups (broad SMARTS) is 1. The molecule has 0 radical (unpaired) electrons. The molecule has 6 nitrogen and oxygen atoms in total. The molecule has 2 aromatic rings. The molecule has 0 aliphatic heterocycles. The van der Waals surface area contributed by atoms with Crippen molar-refractivity contribution in [2.75, 3.05) is 0 Å². The molecule has 0 spiro atoms. The molecule has 0 fully saturated rings. The number of rotatable bonds is 1. The number of carboxylic acids is 1. The second-order valence-corrected chi connectivity index (χ2v) is 2.05. The highest BCUT2D eigenvalue weighted by Crippen LogP contribution is 2.07. The van der Waals surface area contributed by atoms with Crippen LogP contribution in [0, 0.1) is 0 Å². The zero-order valence-electron chi connectivity index (χ0n) is 5.33. The molecule has 11 heavy (non-hydrogen) atoms. The lowest BCUT2D eigenvalue weighted by molar-refractivity contribution is 0.0691. The van der Waals surface area contributed by atoms with Crippen molar-refractivity contribution in [2.24, 2.45) is 0 Å². The molecule has 0 aliphatic carbocycles. The molecule has 2 rings (SSSR count). The summed E-state index contributed by atoms with van der Waals surface area (Å²) in [6.07, 6.45) is 0. The van der Waals surface area contributed by atoms with Gasteiger partial charge in [0.15, 0.2) is 5.65 Å². The van der Waals surface area contributed by atoms with Crippen molar-refractivity contribution < 1.29 is 9.90 Å². The Balaban J connectivity index is 2.67. The number of aromatic carboxylic acids is 1. The summed E-state index contributed by atoms with van der Waals surface area (Å²) in [6.45, 7) is 0. The molecule has 0 saturated carbocycles. The van der Waals surface area contributed by atoms with Gasteiger partial charge < -0.3 is 10.1 Å². The second kappa shape index (κ2) is 1.82. The Kier molecular flexibility index (Phi) is 0.974. The minimum absolute atomic E-state index is 0.101. The molecule has 0 saturated heterocycles. The zero-order valence-corrected chi connectivity index (χ0v) is 5.33. The summed E-state index contributed by atoms with van der Waals surface area (Å²) in [5, 5.41) is 18.2. The number of aromatic amines is 2. The fourth-order valence-electron chi connectivity index (χ4n) is 0.847. The number of nitrogens with one attached hydrogen (secondary N) is 2. The van der Waals surface area contributed by atoms with Crippen molar-refractivity contribution in [1.29, 1.82) is 0 Å². The highest BCUT2D eigenvalue weighted by molar-refractivity contribution is 5.91. The van der Waals surface area contributed by atoms with E-state index >= 15 is 0 Å². The first-order valence-electron chi connectivity index (χ1n) is 2.90. The molecule has 0 amide bonds. The normalized spacial score (nSPS) is 10.5. The van der Waals surface area contributed by atoms with Crippen LogP contribution in [-0.4, -0.2) is 31.5 Å². The molecule has 56 valence electrons. The molecule has 0 bridgehead atoms. The minimum atomic E-state index is -1.01. The van der Waals surface area contributed by atoms with E-state index in [9.17, 15) is 4.79 Å². The van der Waals surface area contributed by atoms with Crippen LogP contribution in [0.5, 0.6) is 0 Å². The van der Waals surface area contributed by atoms with Crippen LogP contribution in [0.4, 0.5) is 0 Å². The summed E-state index contributed by atoms with van der Waals surface area (Å²) in [7, 11) is 0. The summed E-state index contributed by atoms with van der Waals surface area (Å²) in [5.41, 5.74) is 1.09. The average molecular weight is 152 g/mol. The van der Waals surface area contributed by atoms with Crippen LogP contribution in [0.25, 0.3) is 11.2 Å². The zero-order chi connectivity index (χ0) is 7.84. The van der Waals surface area contributed by atoms with E-state index in [1.807, 2.05) is 0 Å². The summed E-state index contributed by atoms with van der Waals surface area (Å²) in [4.78, 5) is 12.9. The van der Waals surface area contributed by atoms with Crippen molar-refractivity contribution >= 4 is 17.1 Å². The SMILES string of the molecule is O=C(O)c1cc2n[nH]nc2[nH]1. The van der Waals surface area contributed by atoms with E-state index in [4.69, 9.17) is 5.11 Å². The van der Waals surface area contributed by atoms with Crippen LogP contribution in [0.1, 0.15) is 10.5 Å². The van der Waals surface area contributed by atoms with Gasteiger partial charge >= 0.3 is 5.97 Å². The van der Waals surface area contributed by atoms with Gasteiger partial charge in [0.2, 0.25) is 0 Å². The fourth-order valence-corrected chi connectivity index (χ4v) is 0.847. The van der Waals surface area contributed by atoms with Crippen LogP contribution in [0.2, 0.25) is 0 Å². The van der Waals surface area contributed by atoms with Gasteiger partial charge in [-0.15, -0.1) is 5.10 Å². The summed E-state index contributed by atoms with van der Waals surface area (Å²) in [6, 6.07) is 1.42. The number of aromatic nitrogens is 4. The second-order valence-electron chi connectivity index (χ2n) is 2.05. The number of fused-ring (bicyclic) bond motifs is 1. The highest BCUT2D eigenvalue weighted by Gasteiger charge is 2.08. The standard InChI is InChI=1S/C5H4N4O2/c10-5(11)3-1-2-4(6-3)8-9-7-2/h1H,(H,10,11)(H2,6,7,8,9). The third kappa shape index (κ3) is 0.759. The monoisotopic (exact) mass is 152 g/mol. The first-order chi connectivity index (χ1) is 5.27. The number of carbonyl (C=O) groups is 1. The lowest BCUT2D eigenvalue weighted by atomic mass is 10.4. The van der Waals surface area contributed by atoms with Crippen LogP contribution in [-0.2, 0) is 0 Å². The van der Waals surface area contributed by atoms with Crippen molar-refractivity contribution in [3.63, 3.8) is 0 Å². The maximum absolute atomic E-state index is 10.4. The third-order valence-corrected chi connectivity index (χ3v) is 1.34. The van der Waals surface area contributed by atoms with Gasteiger partial charge in [-0.25, -0.2) is 4.79 Å². The van der Waals surface area contributed by atoms with E-state index in [1.54, 1.807) is 0 Å². The topological polar surface area (TPSA) is 94.7 Å². The largest absolute Gasteiger partial charge is 0.477 e. The third-order valence-electron chi connectivity index (χ3n) is 1.34. The summed E-state index contributed by atoms with van der Waals surface area (Å²) >= 11 is 0. The Morgan fingerprint density at radius 2 is 2.36 bits per heavy atom. The average Bonchev–Trinajstić information content (AvgIpc) is 2.40. The molecular formula is C5H4N4O2. The minimum Gasteiger partial charge on any atom is -0.477 e. The van der Waals surface area contributed by atoms with Crippen molar-refractivity contribution in [2.45, 2.75) is 0 Å². The molecule has 0 aliphatic rings. The van der Waals surface area contributed by atoms with Crippen LogP contribution >= 0.6 is 0 Å². The van der Waals surface area contributed by atoms with Crippen molar-refractivity contribution in [3.05, 3.63) is 11.8 Å². The Bertz CT molecular complexity index is 373. The Labute approximate surface area is 60.2 Å². The number of nitrogens with zero attached hydrogens (tertiary/aromatic N) is 2. The van der Waals surface area contributed by atoms with Crippen LogP contribution in [0.15, 0.2) is 6.07 Å². The number of hydrogen-bond donors (Lipinski definition) is 3. The fraction of sp³-hybridized carbons (Fsp3) is 0. The molecule has 2 aromatic heterocycles. The molecule has 0 unspecified atom stereocenters. The van der Waals surface area contributed by atoms with Gasteiger partial charge in [-0.2, -0.15) is 10.3 Å². The predicted molar refractivity (Wildman–Crippen MR) is 35.2 cm³/mol. The van der Waals surface area contributed by atoms with Crippen LogP contribution < -0.4 is 0 Å². The van der Waals surface area contributed by atoms with Gasteiger partial charge in [0.05, 0.1) is 0 Å². The van der Waals surface area contributed by atoms with Gasteiger partial charge in [-0.05, 0) is 0 Å². The number of hydrogen-bond acceptors (Lipinski definition) is 3. The lowest BCUT2D eigenvalue weighted by Gasteiger charge is -1.81. The predicted octanol–water partition coefficient (Wildman–Crippen LogP) is -0.0158. The van der Waals surface area contributed by atoms with Gasteiger partial charge in [0, 0.05) is 6.07 Å². The first kappa shape index (κ1) is 5.90. The van der Waals surface area contributed by atoms with E-state index in [0.717, 1.165) is 0 Å². The number of H-pyrrole nitrogens is 2.